The Balaban J connectivity index is -0.000000128. The van der Waals surface area contributed by atoms with E-state index in [2.05, 4.69) is 12.7 Å². The molecule has 0 fully saturated rings. The zero-order valence-corrected chi connectivity index (χ0v) is 20.2. The van der Waals surface area contributed by atoms with Crippen LogP contribution in [0.25, 0.3) is 0 Å². The summed E-state index contributed by atoms with van der Waals surface area (Å²) < 4.78 is 0. The van der Waals surface area contributed by atoms with Gasteiger partial charge in [-0.1, -0.05) is 84.0 Å². The van der Waals surface area contributed by atoms with Crippen LogP contribution in [-0.4, -0.2) is 6.54 Å². The molecular formula is C16H44Br3N3. The molecule has 6 heteroatoms. The highest BCUT2D eigenvalue weighted by Crippen LogP contribution is 2.12. The van der Waals surface area contributed by atoms with Crippen LogP contribution in [0.15, 0.2) is 0 Å². The Morgan fingerprint density at radius 2 is 0.682 bits per heavy atom. The molecule has 0 aliphatic carbocycles. The summed E-state index contributed by atoms with van der Waals surface area (Å²) in [6, 6.07) is 0. The first-order valence-corrected chi connectivity index (χ1v) is 8.21. The molecular weight excluding hydrogens is 474 g/mol. The minimum atomic E-state index is 0. The van der Waals surface area contributed by atoms with Crippen LogP contribution in [0.4, 0.5) is 0 Å². The summed E-state index contributed by atoms with van der Waals surface area (Å²) in [6.07, 6.45) is 20.2. The van der Waals surface area contributed by atoms with Crippen LogP contribution in [0.5, 0.6) is 0 Å². The molecule has 0 aliphatic rings. The van der Waals surface area contributed by atoms with Crippen molar-refractivity contribution in [3.8, 4) is 0 Å². The smallest absolute Gasteiger partial charge is 0.0739 e. The lowest BCUT2D eigenvalue weighted by molar-refractivity contribution is -0.368. The molecule has 0 saturated heterocycles. The van der Waals surface area contributed by atoms with Gasteiger partial charge in [-0.15, -0.1) is 0 Å². The van der Waals surface area contributed by atoms with Gasteiger partial charge < -0.3 is 69.0 Å². The van der Waals surface area contributed by atoms with Crippen LogP contribution in [0.2, 0.25) is 0 Å². The van der Waals surface area contributed by atoms with Gasteiger partial charge in [0.2, 0.25) is 0 Å². The third-order valence-corrected chi connectivity index (χ3v) is 3.60. The SMILES string of the molecule is CCCCCCCCCCCCCCCC[NH3+].[Br-].[Br-].[Br-].[NH4+].[NH4+]. The van der Waals surface area contributed by atoms with Gasteiger partial charge in [-0.25, -0.2) is 0 Å². The molecule has 0 radical (unpaired) electrons. The number of quaternary nitrogens is 3. The van der Waals surface area contributed by atoms with Gasteiger partial charge in [0.1, 0.15) is 0 Å². The molecule has 144 valence electrons. The van der Waals surface area contributed by atoms with Crippen LogP contribution in [0.3, 0.4) is 0 Å². The number of halogens is 3. The highest BCUT2D eigenvalue weighted by atomic mass is 79.9. The summed E-state index contributed by atoms with van der Waals surface area (Å²) in [6.45, 7) is 3.41. The van der Waals surface area contributed by atoms with E-state index in [1.807, 2.05) is 0 Å². The zero-order valence-electron chi connectivity index (χ0n) is 15.4. The van der Waals surface area contributed by atoms with Crippen molar-refractivity contribution < 1.29 is 56.7 Å². The first kappa shape index (κ1) is 38.7. The topological polar surface area (TPSA) is 101 Å². The second-order valence-corrected chi connectivity index (χ2v) is 5.45. The average Bonchev–Trinajstić information content (AvgIpc) is 2.35. The predicted molar refractivity (Wildman–Crippen MR) is 90.0 cm³/mol. The van der Waals surface area contributed by atoms with Crippen molar-refractivity contribution in [2.45, 2.75) is 96.8 Å². The van der Waals surface area contributed by atoms with E-state index in [0.29, 0.717) is 0 Å². The second-order valence-electron chi connectivity index (χ2n) is 5.45. The fraction of sp³-hybridized carbons (Fsp3) is 1.00. The van der Waals surface area contributed by atoms with Crippen molar-refractivity contribution in [1.82, 2.24) is 12.3 Å². The van der Waals surface area contributed by atoms with E-state index >= 15 is 0 Å². The van der Waals surface area contributed by atoms with Gasteiger partial charge >= 0.3 is 0 Å². The van der Waals surface area contributed by atoms with Crippen LogP contribution in [-0.2, 0) is 0 Å². The van der Waals surface area contributed by atoms with Gasteiger partial charge in [0.25, 0.3) is 0 Å². The third-order valence-electron chi connectivity index (χ3n) is 3.60. The Morgan fingerprint density at radius 3 is 0.909 bits per heavy atom. The lowest BCUT2D eigenvalue weighted by Crippen LogP contribution is -3.00. The van der Waals surface area contributed by atoms with Crippen molar-refractivity contribution in [2.75, 3.05) is 6.54 Å². The number of hydrogen-bond acceptors (Lipinski definition) is 0. The maximum atomic E-state index is 3.88. The fourth-order valence-electron chi connectivity index (χ4n) is 2.37. The van der Waals surface area contributed by atoms with Crippen LogP contribution in [0.1, 0.15) is 96.8 Å². The van der Waals surface area contributed by atoms with Crippen molar-refractivity contribution in [3.63, 3.8) is 0 Å². The van der Waals surface area contributed by atoms with Crippen LogP contribution >= 0.6 is 0 Å². The van der Waals surface area contributed by atoms with Crippen molar-refractivity contribution in [3.05, 3.63) is 0 Å². The second kappa shape index (κ2) is 38.1. The molecule has 0 saturated carbocycles. The van der Waals surface area contributed by atoms with Gasteiger partial charge in [0.15, 0.2) is 0 Å². The summed E-state index contributed by atoms with van der Waals surface area (Å²) in [5.41, 5.74) is 3.88. The standard InChI is InChI=1S/C16H35N.3BrH.2H3N/c1-2-3-4-5-6-7-8-9-10-11-12-13-14-15-16-17;;;;;/h2-17H2,1H3;3*1H;2*1H3. The normalized spacial score (nSPS) is 8.45. The summed E-state index contributed by atoms with van der Waals surface area (Å²) in [4.78, 5) is 0. The molecule has 0 bridgehead atoms. The van der Waals surface area contributed by atoms with Gasteiger partial charge in [-0.3, -0.25) is 0 Å². The number of unbranched alkanes of at least 4 members (excludes halogenated alkanes) is 13. The molecule has 0 unspecified atom stereocenters. The maximum absolute atomic E-state index is 3.88. The van der Waals surface area contributed by atoms with E-state index in [4.69, 9.17) is 0 Å². The molecule has 22 heavy (non-hydrogen) atoms. The molecule has 0 aromatic rings. The summed E-state index contributed by atoms with van der Waals surface area (Å²) >= 11 is 0. The minimum absolute atomic E-state index is 0. The quantitative estimate of drug-likeness (QED) is 0.199. The van der Waals surface area contributed by atoms with Crippen molar-refractivity contribution in [2.24, 2.45) is 0 Å². The highest BCUT2D eigenvalue weighted by molar-refractivity contribution is 4.48. The van der Waals surface area contributed by atoms with Crippen molar-refractivity contribution in [1.29, 1.82) is 0 Å². The molecule has 0 spiro atoms. The van der Waals surface area contributed by atoms with Gasteiger partial charge in [-0.2, -0.15) is 0 Å². The molecule has 11 N–H and O–H groups in total. The lowest BCUT2D eigenvalue weighted by Gasteiger charge is -2.02. The average molecular weight is 518 g/mol. The zero-order chi connectivity index (χ0) is 12.6. The third kappa shape index (κ3) is 37.5. The Kier molecular flexibility index (Phi) is 67.1. The monoisotopic (exact) mass is 515 g/mol. The first-order chi connectivity index (χ1) is 8.41. The maximum Gasteiger partial charge on any atom is 0.0739 e. The van der Waals surface area contributed by atoms with E-state index in [0.717, 1.165) is 6.54 Å². The molecule has 0 amide bonds. The molecule has 0 aromatic carbocycles. The summed E-state index contributed by atoms with van der Waals surface area (Å²) in [5, 5.41) is 0. The van der Waals surface area contributed by atoms with Gasteiger partial charge in [0.05, 0.1) is 6.54 Å². The van der Waals surface area contributed by atoms with Gasteiger partial charge in [0, 0.05) is 0 Å². The minimum Gasteiger partial charge on any atom is -1.00 e. The Labute approximate surface area is 171 Å². The van der Waals surface area contributed by atoms with E-state index in [1.165, 1.54) is 89.9 Å². The largest absolute Gasteiger partial charge is 1.00 e. The number of hydrogen-bond donors (Lipinski definition) is 3. The van der Waals surface area contributed by atoms with E-state index < -0.39 is 0 Å². The fourth-order valence-corrected chi connectivity index (χ4v) is 2.37. The Hall–Kier alpha value is 1.32. The van der Waals surface area contributed by atoms with Crippen LogP contribution in [0, 0.1) is 0 Å². The van der Waals surface area contributed by atoms with E-state index in [9.17, 15) is 0 Å². The molecule has 0 rings (SSSR count). The van der Waals surface area contributed by atoms with Gasteiger partial charge in [-0.05, 0) is 12.8 Å². The Morgan fingerprint density at radius 1 is 0.455 bits per heavy atom. The molecule has 0 atom stereocenters. The molecule has 0 heterocycles. The first-order valence-electron chi connectivity index (χ1n) is 8.21. The van der Waals surface area contributed by atoms with Crippen LogP contribution < -0.4 is 69.0 Å². The molecule has 3 nitrogen and oxygen atoms in total. The lowest BCUT2D eigenvalue weighted by atomic mass is 10.0. The predicted octanol–water partition coefficient (Wildman–Crippen LogP) is -3.53. The van der Waals surface area contributed by atoms with E-state index in [1.54, 1.807) is 0 Å². The summed E-state index contributed by atoms with van der Waals surface area (Å²) in [7, 11) is 0. The number of rotatable bonds is 14. The Bertz CT molecular complexity index is 128. The molecule has 0 aromatic heterocycles. The van der Waals surface area contributed by atoms with Crippen molar-refractivity contribution >= 4 is 0 Å². The van der Waals surface area contributed by atoms with E-state index in [-0.39, 0.29) is 63.2 Å². The molecule has 0 aliphatic heterocycles. The summed E-state index contributed by atoms with van der Waals surface area (Å²) in [5.74, 6) is 0. The highest BCUT2D eigenvalue weighted by Gasteiger charge is 1.93.